The number of benzene rings is 1. The number of halogens is 1. The van der Waals surface area contributed by atoms with Crippen LogP contribution in [-0.4, -0.2) is 29.4 Å². The number of Topliss-reactive ketones (excluding diaryl/α,β-unsaturated/α-hetero) is 1. The first kappa shape index (κ1) is 17.3. The molecule has 0 fully saturated rings. The van der Waals surface area contributed by atoms with E-state index in [1.807, 2.05) is 6.92 Å². The molecule has 0 aromatic heterocycles. The van der Waals surface area contributed by atoms with Gasteiger partial charge in [-0.15, -0.1) is 0 Å². The predicted molar refractivity (Wildman–Crippen MR) is 78.4 cm³/mol. The molecule has 0 aliphatic rings. The van der Waals surface area contributed by atoms with Gasteiger partial charge in [0.2, 0.25) is 5.91 Å². The third-order valence-electron chi connectivity index (χ3n) is 3.14. The summed E-state index contributed by atoms with van der Waals surface area (Å²) < 4.78 is 12.7. The monoisotopic (exact) mass is 295 g/mol. The first-order valence-corrected chi connectivity index (χ1v) is 7.12. The molecule has 0 aliphatic carbocycles. The van der Waals surface area contributed by atoms with Crippen molar-refractivity contribution in [3.63, 3.8) is 0 Å². The molecule has 21 heavy (non-hydrogen) atoms. The molecule has 2 atom stereocenters. The highest BCUT2D eigenvalue weighted by Gasteiger charge is 2.11. The number of carbonyl (C=O) groups excluding carboxylic acids is 2. The van der Waals surface area contributed by atoms with Crippen LogP contribution < -0.4 is 5.32 Å². The van der Waals surface area contributed by atoms with Crippen LogP contribution in [0.5, 0.6) is 0 Å². The van der Waals surface area contributed by atoms with Gasteiger partial charge in [-0.05, 0) is 43.5 Å². The van der Waals surface area contributed by atoms with Gasteiger partial charge in [-0.1, -0.05) is 6.92 Å². The van der Waals surface area contributed by atoms with Crippen molar-refractivity contribution in [2.75, 3.05) is 6.54 Å². The number of amides is 1. The molecule has 2 unspecified atom stereocenters. The zero-order chi connectivity index (χ0) is 15.8. The first-order valence-electron chi connectivity index (χ1n) is 7.12. The summed E-state index contributed by atoms with van der Waals surface area (Å²) >= 11 is 0. The van der Waals surface area contributed by atoms with Gasteiger partial charge in [0.1, 0.15) is 5.82 Å². The second kappa shape index (κ2) is 8.52. The van der Waals surface area contributed by atoms with Crippen LogP contribution >= 0.6 is 0 Å². The van der Waals surface area contributed by atoms with E-state index in [0.717, 1.165) is 0 Å². The van der Waals surface area contributed by atoms with Crippen LogP contribution in [0.4, 0.5) is 4.39 Å². The fraction of sp³-hybridized carbons (Fsp3) is 0.500. The average molecular weight is 295 g/mol. The topological polar surface area (TPSA) is 66.4 Å². The number of hydrogen-bond donors (Lipinski definition) is 2. The van der Waals surface area contributed by atoms with Crippen LogP contribution in [0, 0.1) is 11.7 Å². The molecule has 0 heterocycles. The number of nitrogens with one attached hydrogen (secondary N) is 1. The highest BCUT2D eigenvalue weighted by molar-refractivity contribution is 5.97. The van der Waals surface area contributed by atoms with E-state index in [4.69, 9.17) is 0 Å². The van der Waals surface area contributed by atoms with E-state index < -0.39 is 11.9 Å². The van der Waals surface area contributed by atoms with Crippen LogP contribution in [-0.2, 0) is 4.79 Å². The van der Waals surface area contributed by atoms with Crippen LogP contribution in [0.1, 0.15) is 43.5 Å². The molecule has 2 N–H and O–H groups in total. The molecule has 5 heteroatoms. The Balaban J connectivity index is 2.29. The van der Waals surface area contributed by atoms with E-state index in [9.17, 15) is 19.1 Å². The van der Waals surface area contributed by atoms with Gasteiger partial charge < -0.3 is 10.4 Å². The highest BCUT2D eigenvalue weighted by Crippen LogP contribution is 2.08. The van der Waals surface area contributed by atoms with E-state index in [2.05, 4.69) is 5.32 Å². The lowest BCUT2D eigenvalue weighted by Gasteiger charge is -2.14. The number of aliphatic hydroxyl groups is 1. The van der Waals surface area contributed by atoms with Gasteiger partial charge in [0.25, 0.3) is 0 Å². The van der Waals surface area contributed by atoms with Crippen LogP contribution in [0.3, 0.4) is 0 Å². The number of rotatable bonds is 8. The predicted octanol–water partition coefficient (Wildman–Crippen LogP) is 2.31. The molecule has 0 radical (unpaired) electrons. The summed E-state index contributed by atoms with van der Waals surface area (Å²) in [7, 11) is 0. The lowest BCUT2D eigenvalue weighted by molar-refractivity contribution is -0.121. The van der Waals surface area contributed by atoms with Gasteiger partial charge in [-0.2, -0.15) is 0 Å². The Morgan fingerprint density at radius 3 is 2.38 bits per heavy atom. The fourth-order valence-electron chi connectivity index (χ4n) is 2.05. The van der Waals surface area contributed by atoms with Gasteiger partial charge >= 0.3 is 0 Å². The third kappa shape index (κ3) is 6.99. The van der Waals surface area contributed by atoms with Gasteiger partial charge in [-0.3, -0.25) is 9.59 Å². The maximum absolute atomic E-state index is 12.7. The van der Waals surface area contributed by atoms with Crippen molar-refractivity contribution in [2.24, 2.45) is 5.92 Å². The average Bonchev–Trinajstić information content (AvgIpc) is 2.42. The molecule has 1 aromatic rings. The van der Waals surface area contributed by atoms with Crippen LogP contribution in [0.25, 0.3) is 0 Å². The van der Waals surface area contributed by atoms with Crippen molar-refractivity contribution < 1.29 is 19.1 Å². The largest absolute Gasteiger partial charge is 0.393 e. The standard InChI is InChI=1S/C16H22FNO3/c1-11(9-12(2)19)10-18-16(21)8-7-15(20)13-3-5-14(17)6-4-13/h3-6,11-12,19H,7-10H2,1-2H3,(H,18,21). The number of ketones is 1. The van der Waals surface area contributed by atoms with Crippen molar-refractivity contribution >= 4 is 11.7 Å². The summed E-state index contributed by atoms with van der Waals surface area (Å²) in [5.41, 5.74) is 0.409. The van der Waals surface area contributed by atoms with E-state index >= 15 is 0 Å². The minimum absolute atomic E-state index is 0.0995. The molecular formula is C16H22FNO3. The second-order valence-corrected chi connectivity index (χ2v) is 5.42. The molecule has 0 bridgehead atoms. The smallest absolute Gasteiger partial charge is 0.220 e. The van der Waals surface area contributed by atoms with Crippen LogP contribution in [0.2, 0.25) is 0 Å². The Hall–Kier alpha value is -1.75. The zero-order valence-corrected chi connectivity index (χ0v) is 12.4. The quantitative estimate of drug-likeness (QED) is 0.723. The van der Waals surface area contributed by atoms with Crippen molar-refractivity contribution in [1.29, 1.82) is 0 Å². The molecular weight excluding hydrogens is 273 g/mol. The lowest BCUT2D eigenvalue weighted by atomic mass is 10.0. The molecule has 0 aliphatic heterocycles. The van der Waals surface area contributed by atoms with Gasteiger partial charge in [0.15, 0.2) is 5.78 Å². The molecule has 1 amide bonds. The Kier molecular flexibility index (Phi) is 7.02. The van der Waals surface area contributed by atoms with Gasteiger partial charge in [0, 0.05) is 24.9 Å². The Bertz CT molecular complexity index is 471. The molecule has 1 aromatic carbocycles. The maximum atomic E-state index is 12.7. The number of aliphatic hydroxyl groups excluding tert-OH is 1. The minimum atomic E-state index is -0.392. The lowest BCUT2D eigenvalue weighted by Crippen LogP contribution is -2.29. The summed E-state index contributed by atoms with van der Waals surface area (Å²) in [4.78, 5) is 23.4. The summed E-state index contributed by atoms with van der Waals surface area (Å²) in [6.45, 7) is 4.13. The number of hydrogen-bond acceptors (Lipinski definition) is 3. The normalized spacial score (nSPS) is 13.5. The van der Waals surface area contributed by atoms with E-state index in [-0.39, 0.29) is 30.4 Å². The summed E-state index contributed by atoms with van der Waals surface area (Å²) in [6.07, 6.45) is 0.436. The summed E-state index contributed by atoms with van der Waals surface area (Å²) in [6, 6.07) is 5.29. The Morgan fingerprint density at radius 1 is 1.19 bits per heavy atom. The molecule has 0 saturated heterocycles. The molecule has 0 spiro atoms. The first-order chi connectivity index (χ1) is 9.88. The highest BCUT2D eigenvalue weighted by atomic mass is 19.1. The number of carbonyl (C=O) groups is 2. The van der Waals surface area contributed by atoms with E-state index in [1.165, 1.54) is 24.3 Å². The molecule has 1 rings (SSSR count). The van der Waals surface area contributed by atoms with Crippen molar-refractivity contribution in [1.82, 2.24) is 5.32 Å². The van der Waals surface area contributed by atoms with Crippen molar-refractivity contribution in [3.8, 4) is 0 Å². The van der Waals surface area contributed by atoms with Crippen molar-refractivity contribution in [3.05, 3.63) is 35.6 Å². The molecule has 116 valence electrons. The molecule has 4 nitrogen and oxygen atoms in total. The Morgan fingerprint density at radius 2 is 1.81 bits per heavy atom. The van der Waals surface area contributed by atoms with Crippen molar-refractivity contribution in [2.45, 2.75) is 39.2 Å². The fourth-order valence-corrected chi connectivity index (χ4v) is 2.05. The Labute approximate surface area is 124 Å². The molecule has 0 saturated carbocycles. The zero-order valence-electron chi connectivity index (χ0n) is 12.4. The van der Waals surface area contributed by atoms with E-state index in [1.54, 1.807) is 6.92 Å². The van der Waals surface area contributed by atoms with E-state index in [0.29, 0.717) is 18.5 Å². The van der Waals surface area contributed by atoms with Gasteiger partial charge in [0.05, 0.1) is 6.10 Å². The summed E-state index contributed by atoms with van der Waals surface area (Å²) in [5, 5.41) is 12.0. The van der Waals surface area contributed by atoms with Gasteiger partial charge in [-0.25, -0.2) is 4.39 Å². The maximum Gasteiger partial charge on any atom is 0.220 e. The second-order valence-electron chi connectivity index (χ2n) is 5.42. The summed E-state index contributed by atoms with van der Waals surface area (Å²) in [5.74, 6) is -0.580. The third-order valence-corrected chi connectivity index (χ3v) is 3.14. The van der Waals surface area contributed by atoms with Crippen LogP contribution in [0.15, 0.2) is 24.3 Å². The minimum Gasteiger partial charge on any atom is -0.393 e. The SMILES string of the molecule is CC(O)CC(C)CNC(=O)CCC(=O)c1ccc(F)cc1.